The third-order valence-electron chi connectivity index (χ3n) is 5.55. The van der Waals surface area contributed by atoms with Crippen molar-refractivity contribution >= 4 is 11.8 Å². The Morgan fingerprint density at radius 3 is 2.37 bits per heavy atom. The van der Waals surface area contributed by atoms with Crippen LogP contribution in [-0.4, -0.2) is 22.8 Å². The molecule has 4 rings (SSSR count). The van der Waals surface area contributed by atoms with E-state index in [1.807, 2.05) is 31.2 Å². The van der Waals surface area contributed by atoms with Gasteiger partial charge in [-0.2, -0.15) is 0 Å². The van der Waals surface area contributed by atoms with Crippen LogP contribution in [0.15, 0.2) is 69.9 Å². The van der Waals surface area contributed by atoms with Crippen LogP contribution >= 0.6 is 0 Å². The summed E-state index contributed by atoms with van der Waals surface area (Å²) in [6, 6.07) is 13.9. The molecule has 1 saturated carbocycles. The second-order valence-electron chi connectivity index (χ2n) is 7.79. The van der Waals surface area contributed by atoms with Gasteiger partial charge in [0.2, 0.25) is 5.91 Å². The number of rotatable bonds is 7. The Hall–Kier alpha value is -3.28. The van der Waals surface area contributed by atoms with Crippen molar-refractivity contribution in [2.45, 2.75) is 51.2 Å². The molecule has 2 heterocycles. The zero-order valence-corrected chi connectivity index (χ0v) is 17.0. The van der Waals surface area contributed by atoms with Gasteiger partial charge in [-0.25, -0.2) is 0 Å². The van der Waals surface area contributed by atoms with E-state index in [2.05, 4.69) is 5.32 Å². The van der Waals surface area contributed by atoms with Crippen molar-refractivity contribution in [3.8, 4) is 0 Å². The molecular formula is C24H26N2O4. The number of benzene rings is 1. The van der Waals surface area contributed by atoms with Crippen molar-refractivity contribution in [2.24, 2.45) is 0 Å². The van der Waals surface area contributed by atoms with Gasteiger partial charge in [0.15, 0.2) is 5.76 Å². The number of nitrogens with one attached hydrogen (secondary N) is 1. The fourth-order valence-corrected chi connectivity index (χ4v) is 3.96. The van der Waals surface area contributed by atoms with Gasteiger partial charge >= 0.3 is 0 Å². The van der Waals surface area contributed by atoms with Crippen LogP contribution in [0.5, 0.6) is 0 Å². The summed E-state index contributed by atoms with van der Waals surface area (Å²) in [5.41, 5.74) is 1.84. The van der Waals surface area contributed by atoms with Gasteiger partial charge in [-0.3, -0.25) is 9.59 Å². The van der Waals surface area contributed by atoms with Crippen molar-refractivity contribution in [1.82, 2.24) is 10.2 Å². The lowest BCUT2D eigenvalue weighted by atomic mass is 10.0. The lowest BCUT2D eigenvalue weighted by Crippen LogP contribution is -2.45. The molecule has 0 aliphatic heterocycles. The Kier molecular flexibility index (Phi) is 6.02. The molecular weight excluding hydrogens is 380 g/mol. The van der Waals surface area contributed by atoms with Gasteiger partial charge in [0.1, 0.15) is 11.8 Å². The summed E-state index contributed by atoms with van der Waals surface area (Å²) in [5, 5.41) is 3.16. The molecule has 1 fully saturated rings. The van der Waals surface area contributed by atoms with Crippen molar-refractivity contribution < 1.29 is 18.4 Å². The number of furan rings is 2. The van der Waals surface area contributed by atoms with Crippen molar-refractivity contribution in [3.05, 3.63) is 83.7 Å². The van der Waals surface area contributed by atoms with E-state index >= 15 is 0 Å². The van der Waals surface area contributed by atoms with Crippen LogP contribution < -0.4 is 5.32 Å². The molecule has 1 N–H and O–H groups in total. The molecule has 0 bridgehead atoms. The minimum Gasteiger partial charge on any atom is -0.467 e. The summed E-state index contributed by atoms with van der Waals surface area (Å²) in [7, 11) is 0. The number of carbonyl (C=O) groups excluding carboxylic acids is 2. The highest BCUT2D eigenvalue weighted by atomic mass is 16.3. The smallest absolute Gasteiger partial charge is 0.290 e. The molecule has 2 aromatic heterocycles. The van der Waals surface area contributed by atoms with Crippen LogP contribution in [0.1, 0.15) is 59.2 Å². The van der Waals surface area contributed by atoms with Gasteiger partial charge in [-0.05, 0) is 49.6 Å². The highest BCUT2D eigenvalue weighted by Gasteiger charge is 2.35. The van der Waals surface area contributed by atoms with E-state index in [9.17, 15) is 9.59 Å². The van der Waals surface area contributed by atoms with E-state index in [1.54, 1.807) is 30.5 Å². The maximum Gasteiger partial charge on any atom is 0.290 e. The molecule has 30 heavy (non-hydrogen) atoms. The summed E-state index contributed by atoms with van der Waals surface area (Å²) >= 11 is 0. The molecule has 1 aliphatic carbocycles. The van der Waals surface area contributed by atoms with Crippen LogP contribution in [0.3, 0.4) is 0 Å². The van der Waals surface area contributed by atoms with Gasteiger partial charge in [0, 0.05) is 6.04 Å². The minimum absolute atomic E-state index is 0.148. The molecule has 6 heteroatoms. The Morgan fingerprint density at radius 2 is 1.73 bits per heavy atom. The Labute approximate surface area is 175 Å². The van der Waals surface area contributed by atoms with Crippen LogP contribution in [-0.2, 0) is 11.3 Å². The minimum atomic E-state index is -0.797. The van der Waals surface area contributed by atoms with E-state index in [4.69, 9.17) is 8.83 Å². The topological polar surface area (TPSA) is 75.7 Å². The number of hydrogen-bond acceptors (Lipinski definition) is 4. The Morgan fingerprint density at radius 1 is 1.03 bits per heavy atom. The van der Waals surface area contributed by atoms with Crippen molar-refractivity contribution in [3.63, 3.8) is 0 Å². The van der Waals surface area contributed by atoms with Crippen molar-refractivity contribution in [1.29, 1.82) is 0 Å². The quantitative estimate of drug-likeness (QED) is 0.621. The molecule has 6 nitrogen and oxygen atoms in total. The second-order valence-corrected chi connectivity index (χ2v) is 7.79. The summed E-state index contributed by atoms with van der Waals surface area (Å²) in [6.45, 7) is 2.15. The van der Waals surface area contributed by atoms with Gasteiger partial charge in [0.05, 0.1) is 19.1 Å². The molecule has 0 radical (unpaired) electrons. The first-order valence-corrected chi connectivity index (χ1v) is 10.4. The molecule has 0 spiro atoms. The second kappa shape index (κ2) is 9.03. The molecule has 1 atom stereocenters. The van der Waals surface area contributed by atoms with E-state index in [0.29, 0.717) is 5.76 Å². The number of aryl methyl sites for hydroxylation is 1. The normalized spacial score (nSPS) is 15.1. The fourth-order valence-electron chi connectivity index (χ4n) is 3.96. The van der Waals surface area contributed by atoms with E-state index in [0.717, 1.165) is 36.8 Å². The largest absolute Gasteiger partial charge is 0.467 e. The third kappa shape index (κ3) is 4.48. The number of carbonyl (C=O) groups is 2. The lowest BCUT2D eigenvalue weighted by molar-refractivity contribution is -0.126. The molecule has 1 aromatic carbocycles. The maximum absolute atomic E-state index is 13.5. The highest BCUT2D eigenvalue weighted by molar-refractivity contribution is 5.96. The zero-order chi connectivity index (χ0) is 20.9. The first kappa shape index (κ1) is 20.0. The van der Waals surface area contributed by atoms with E-state index in [1.165, 1.54) is 11.2 Å². The number of nitrogens with zero attached hydrogens (tertiary/aromatic N) is 1. The maximum atomic E-state index is 13.5. The van der Waals surface area contributed by atoms with E-state index in [-0.39, 0.29) is 30.2 Å². The molecule has 3 aromatic rings. The Bertz CT molecular complexity index is 955. The summed E-state index contributed by atoms with van der Waals surface area (Å²) in [5.74, 6) is 0.244. The molecule has 156 valence electrons. The zero-order valence-electron chi connectivity index (χ0n) is 17.0. The highest BCUT2D eigenvalue weighted by Crippen LogP contribution is 2.28. The SMILES string of the molecule is Cc1ccc([C@H](C(=O)NC2CCCC2)N(Cc2ccco2)C(=O)c2ccco2)cc1. The molecule has 0 saturated heterocycles. The van der Waals surface area contributed by atoms with Crippen LogP contribution in [0.2, 0.25) is 0 Å². The average Bonchev–Trinajstić information content (AvgIpc) is 3.52. The average molecular weight is 406 g/mol. The first-order valence-electron chi connectivity index (χ1n) is 10.4. The summed E-state index contributed by atoms with van der Waals surface area (Å²) < 4.78 is 10.9. The van der Waals surface area contributed by atoms with Gasteiger partial charge in [-0.15, -0.1) is 0 Å². The summed E-state index contributed by atoms with van der Waals surface area (Å²) in [6.07, 6.45) is 7.18. The number of hydrogen-bond donors (Lipinski definition) is 1. The van der Waals surface area contributed by atoms with Crippen LogP contribution in [0.25, 0.3) is 0 Å². The van der Waals surface area contributed by atoms with E-state index < -0.39 is 6.04 Å². The van der Waals surface area contributed by atoms with Crippen LogP contribution in [0, 0.1) is 6.92 Å². The Balaban J connectivity index is 1.71. The van der Waals surface area contributed by atoms with Gasteiger partial charge < -0.3 is 19.1 Å². The number of amides is 2. The summed E-state index contributed by atoms with van der Waals surface area (Å²) in [4.78, 5) is 28.3. The monoisotopic (exact) mass is 406 g/mol. The first-order chi connectivity index (χ1) is 14.6. The predicted octanol–water partition coefficient (Wildman–Crippen LogP) is 4.62. The standard InChI is InChI=1S/C24H26N2O4/c1-17-10-12-18(13-11-17)22(23(27)25-19-6-2-3-7-19)26(16-20-8-4-14-29-20)24(28)21-9-5-15-30-21/h4-5,8-15,19,22H,2-3,6-7,16H2,1H3,(H,25,27)/t22-/m1/s1. The van der Waals surface area contributed by atoms with Gasteiger partial charge in [-0.1, -0.05) is 42.7 Å². The fraction of sp³-hybridized carbons (Fsp3) is 0.333. The van der Waals surface area contributed by atoms with Crippen LogP contribution in [0.4, 0.5) is 0 Å². The molecule has 1 aliphatic rings. The van der Waals surface area contributed by atoms with Crippen molar-refractivity contribution in [2.75, 3.05) is 0 Å². The lowest BCUT2D eigenvalue weighted by Gasteiger charge is -2.31. The molecule has 0 unspecified atom stereocenters. The molecule has 2 amide bonds. The van der Waals surface area contributed by atoms with Gasteiger partial charge in [0.25, 0.3) is 5.91 Å². The predicted molar refractivity (Wildman–Crippen MR) is 112 cm³/mol. The third-order valence-corrected chi connectivity index (χ3v) is 5.55.